The zero-order chi connectivity index (χ0) is 15.1. The number of esters is 1. The third-order valence-electron chi connectivity index (χ3n) is 2.66. The third-order valence-corrected chi connectivity index (χ3v) is 2.66. The molecule has 7 heteroatoms. The summed E-state index contributed by atoms with van der Waals surface area (Å²) in [7, 11) is 1.26. The second-order valence-corrected chi connectivity index (χ2v) is 4.83. The molecule has 0 spiro atoms. The number of nitrogens with one attached hydrogen (secondary N) is 1. The lowest BCUT2D eigenvalue weighted by molar-refractivity contribution is -0.141. The fraction of sp³-hybridized carbons (Fsp3) is 0.538. The van der Waals surface area contributed by atoms with E-state index in [1.165, 1.54) is 19.5 Å². The molecule has 0 radical (unpaired) electrons. The van der Waals surface area contributed by atoms with Gasteiger partial charge >= 0.3 is 11.9 Å². The summed E-state index contributed by atoms with van der Waals surface area (Å²) in [6, 6.07) is 0. The molecule has 0 aliphatic rings. The molecule has 1 atom stereocenters. The minimum Gasteiger partial charge on any atom is -0.481 e. The van der Waals surface area contributed by atoms with Crippen LogP contribution in [0.15, 0.2) is 12.4 Å². The number of rotatable bonds is 7. The zero-order valence-electron chi connectivity index (χ0n) is 11.8. The molecule has 0 bridgehead atoms. The number of carbonyl (C=O) groups excluding carboxylic acids is 1. The highest BCUT2D eigenvalue weighted by Gasteiger charge is 2.19. The highest BCUT2D eigenvalue weighted by Crippen LogP contribution is 2.13. The molecule has 1 aromatic rings. The summed E-state index contributed by atoms with van der Waals surface area (Å²) in [5.74, 6) is -1.33. The Kier molecular flexibility index (Phi) is 5.89. The van der Waals surface area contributed by atoms with Gasteiger partial charge < -0.3 is 15.2 Å². The van der Waals surface area contributed by atoms with E-state index in [2.05, 4.69) is 20.0 Å². The van der Waals surface area contributed by atoms with Gasteiger partial charge in [-0.1, -0.05) is 13.8 Å². The van der Waals surface area contributed by atoms with Crippen molar-refractivity contribution in [1.82, 2.24) is 9.97 Å². The zero-order valence-corrected chi connectivity index (χ0v) is 11.8. The van der Waals surface area contributed by atoms with Gasteiger partial charge in [0.1, 0.15) is 5.82 Å². The Hall–Kier alpha value is -2.18. The predicted octanol–water partition coefficient (Wildman–Crippen LogP) is 1.42. The Morgan fingerprint density at radius 1 is 1.40 bits per heavy atom. The number of aromatic nitrogens is 2. The smallest absolute Gasteiger partial charge is 0.358 e. The molecule has 2 N–H and O–H groups in total. The van der Waals surface area contributed by atoms with Gasteiger partial charge in [0, 0.05) is 6.54 Å². The van der Waals surface area contributed by atoms with E-state index in [0.717, 1.165) is 0 Å². The minimum atomic E-state index is -0.858. The van der Waals surface area contributed by atoms with Gasteiger partial charge in [0.25, 0.3) is 0 Å². The van der Waals surface area contributed by atoms with Crippen LogP contribution in [0.25, 0.3) is 0 Å². The molecule has 7 nitrogen and oxygen atoms in total. The number of hydrogen-bond donors (Lipinski definition) is 2. The van der Waals surface area contributed by atoms with Crippen molar-refractivity contribution in [2.24, 2.45) is 11.8 Å². The quantitative estimate of drug-likeness (QED) is 0.729. The summed E-state index contributed by atoms with van der Waals surface area (Å²) < 4.78 is 4.54. The number of aliphatic carboxylic acids is 1. The van der Waals surface area contributed by atoms with Crippen molar-refractivity contribution in [3.8, 4) is 0 Å². The third kappa shape index (κ3) is 4.83. The molecule has 0 fully saturated rings. The van der Waals surface area contributed by atoms with E-state index in [-0.39, 0.29) is 18.2 Å². The summed E-state index contributed by atoms with van der Waals surface area (Å²) in [6.07, 6.45) is 3.28. The van der Waals surface area contributed by atoms with Crippen LogP contribution in [0.1, 0.15) is 30.8 Å². The molecular weight excluding hydrogens is 262 g/mol. The molecule has 1 unspecified atom stereocenters. The van der Waals surface area contributed by atoms with Crippen LogP contribution in [0.3, 0.4) is 0 Å². The summed E-state index contributed by atoms with van der Waals surface area (Å²) >= 11 is 0. The SMILES string of the molecule is COC(=O)c1cncc(NCC(CC(C)C)C(=O)O)n1. The lowest BCUT2D eigenvalue weighted by Crippen LogP contribution is -2.25. The molecular formula is C13H19N3O4. The first-order chi connectivity index (χ1) is 9.43. The molecule has 20 heavy (non-hydrogen) atoms. The number of nitrogens with zero attached hydrogens (tertiary/aromatic N) is 2. The molecule has 0 aliphatic heterocycles. The lowest BCUT2D eigenvalue weighted by atomic mass is 9.97. The van der Waals surface area contributed by atoms with Crippen molar-refractivity contribution >= 4 is 17.8 Å². The molecule has 1 rings (SSSR count). The monoisotopic (exact) mass is 281 g/mol. The normalized spacial score (nSPS) is 12.0. The summed E-state index contributed by atoms with van der Waals surface area (Å²) in [5, 5.41) is 12.0. The van der Waals surface area contributed by atoms with E-state index in [1.807, 2.05) is 13.8 Å². The van der Waals surface area contributed by atoms with Crippen LogP contribution in [0.4, 0.5) is 5.82 Å². The summed E-state index contributed by atoms with van der Waals surface area (Å²) in [5.41, 5.74) is 0.0771. The molecule has 110 valence electrons. The van der Waals surface area contributed by atoms with Crippen LogP contribution in [-0.2, 0) is 9.53 Å². The highest BCUT2D eigenvalue weighted by atomic mass is 16.5. The van der Waals surface area contributed by atoms with E-state index < -0.39 is 17.9 Å². The van der Waals surface area contributed by atoms with Crippen molar-refractivity contribution in [3.05, 3.63) is 18.1 Å². The van der Waals surface area contributed by atoms with Gasteiger partial charge in [-0.3, -0.25) is 9.78 Å². The largest absolute Gasteiger partial charge is 0.481 e. The number of hydrogen-bond acceptors (Lipinski definition) is 6. The Morgan fingerprint density at radius 2 is 2.10 bits per heavy atom. The Balaban J connectivity index is 2.68. The second-order valence-electron chi connectivity index (χ2n) is 4.83. The highest BCUT2D eigenvalue weighted by molar-refractivity contribution is 5.87. The van der Waals surface area contributed by atoms with Crippen LogP contribution in [0.2, 0.25) is 0 Å². The van der Waals surface area contributed by atoms with Gasteiger partial charge in [-0.2, -0.15) is 0 Å². The van der Waals surface area contributed by atoms with Gasteiger partial charge in [-0.15, -0.1) is 0 Å². The molecule has 1 aromatic heterocycles. The molecule has 0 aliphatic carbocycles. The van der Waals surface area contributed by atoms with E-state index in [0.29, 0.717) is 12.2 Å². The fourth-order valence-corrected chi connectivity index (χ4v) is 1.72. The van der Waals surface area contributed by atoms with Gasteiger partial charge in [0.15, 0.2) is 5.69 Å². The Morgan fingerprint density at radius 3 is 2.65 bits per heavy atom. The number of ether oxygens (including phenoxy) is 1. The molecule has 1 heterocycles. The molecule has 0 saturated carbocycles. The number of carboxylic acids is 1. The Bertz CT molecular complexity index is 476. The van der Waals surface area contributed by atoms with Gasteiger partial charge in [-0.25, -0.2) is 9.78 Å². The first-order valence-corrected chi connectivity index (χ1v) is 6.31. The van der Waals surface area contributed by atoms with Gasteiger partial charge in [-0.05, 0) is 12.3 Å². The van der Waals surface area contributed by atoms with Crippen LogP contribution in [-0.4, -0.2) is 40.7 Å². The van der Waals surface area contributed by atoms with Crippen LogP contribution in [0.5, 0.6) is 0 Å². The Labute approximate surface area is 117 Å². The van der Waals surface area contributed by atoms with E-state index in [9.17, 15) is 9.59 Å². The first-order valence-electron chi connectivity index (χ1n) is 6.31. The maximum Gasteiger partial charge on any atom is 0.358 e. The van der Waals surface area contributed by atoms with Crippen molar-refractivity contribution < 1.29 is 19.4 Å². The summed E-state index contributed by atoms with van der Waals surface area (Å²) in [4.78, 5) is 30.3. The topological polar surface area (TPSA) is 101 Å². The van der Waals surface area contributed by atoms with Crippen molar-refractivity contribution in [2.45, 2.75) is 20.3 Å². The van der Waals surface area contributed by atoms with Crippen molar-refractivity contribution in [1.29, 1.82) is 0 Å². The van der Waals surface area contributed by atoms with Crippen molar-refractivity contribution in [2.75, 3.05) is 19.0 Å². The number of carboxylic acid groups (broad SMARTS) is 1. The summed E-state index contributed by atoms with van der Waals surface area (Å²) in [6.45, 7) is 4.16. The van der Waals surface area contributed by atoms with E-state index in [4.69, 9.17) is 5.11 Å². The maximum atomic E-state index is 11.3. The van der Waals surface area contributed by atoms with E-state index in [1.54, 1.807) is 0 Å². The van der Waals surface area contributed by atoms with Gasteiger partial charge in [0.2, 0.25) is 0 Å². The first kappa shape index (κ1) is 15.9. The van der Waals surface area contributed by atoms with Crippen LogP contribution in [0, 0.1) is 11.8 Å². The average Bonchev–Trinajstić information content (AvgIpc) is 2.42. The molecule has 0 saturated heterocycles. The maximum absolute atomic E-state index is 11.3. The molecule has 0 aromatic carbocycles. The minimum absolute atomic E-state index is 0.0771. The van der Waals surface area contributed by atoms with Crippen LogP contribution < -0.4 is 5.32 Å². The van der Waals surface area contributed by atoms with Gasteiger partial charge in [0.05, 0.1) is 25.4 Å². The van der Waals surface area contributed by atoms with Crippen LogP contribution >= 0.6 is 0 Å². The fourth-order valence-electron chi connectivity index (χ4n) is 1.72. The average molecular weight is 281 g/mol. The molecule has 0 amide bonds. The number of carbonyl (C=O) groups is 2. The predicted molar refractivity (Wildman–Crippen MR) is 72.4 cm³/mol. The van der Waals surface area contributed by atoms with E-state index >= 15 is 0 Å². The second kappa shape index (κ2) is 7.42. The lowest BCUT2D eigenvalue weighted by Gasteiger charge is -2.15. The van der Waals surface area contributed by atoms with Crippen molar-refractivity contribution in [3.63, 3.8) is 0 Å². The number of methoxy groups -OCH3 is 1. The standard InChI is InChI=1S/C13H19N3O4/c1-8(2)4-9(12(17)18)5-15-11-7-14-6-10(16-11)13(19)20-3/h6-9H,4-5H2,1-3H3,(H,15,16)(H,17,18). The number of anilines is 1.